The van der Waals surface area contributed by atoms with Gasteiger partial charge in [-0.25, -0.2) is 0 Å². The van der Waals surface area contributed by atoms with Crippen LogP contribution in [-0.4, -0.2) is 49.6 Å². The zero-order valence-corrected chi connectivity index (χ0v) is 11.8. The number of likely N-dealkylation sites (tertiary alicyclic amines) is 1. The molecule has 2 fully saturated rings. The van der Waals surface area contributed by atoms with E-state index in [1.807, 2.05) is 0 Å². The molecule has 0 aromatic rings. The summed E-state index contributed by atoms with van der Waals surface area (Å²) < 4.78 is 0. The van der Waals surface area contributed by atoms with Gasteiger partial charge < -0.3 is 15.5 Å². The Balaban J connectivity index is 1.76. The van der Waals surface area contributed by atoms with E-state index in [2.05, 4.69) is 29.4 Å². The van der Waals surface area contributed by atoms with Gasteiger partial charge in [-0.15, -0.1) is 0 Å². The number of rotatable bonds is 4. The topological polar surface area (TPSA) is 44.4 Å². The summed E-state index contributed by atoms with van der Waals surface area (Å²) >= 11 is 0. The quantitative estimate of drug-likeness (QED) is 0.785. The molecule has 0 spiro atoms. The summed E-state index contributed by atoms with van der Waals surface area (Å²) in [5.41, 5.74) is -0.180. The Hall–Kier alpha value is -0.610. The van der Waals surface area contributed by atoms with Gasteiger partial charge in [0.25, 0.3) is 0 Å². The third kappa shape index (κ3) is 3.23. The number of hydrogen-bond acceptors (Lipinski definition) is 3. The van der Waals surface area contributed by atoms with Gasteiger partial charge in [-0.05, 0) is 45.7 Å². The molecule has 0 aliphatic carbocycles. The molecule has 104 valence electrons. The summed E-state index contributed by atoms with van der Waals surface area (Å²) in [6.07, 6.45) is 4.40. The van der Waals surface area contributed by atoms with E-state index < -0.39 is 0 Å². The van der Waals surface area contributed by atoms with Crippen LogP contribution in [-0.2, 0) is 4.79 Å². The number of piperidine rings is 1. The van der Waals surface area contributed by atoms with E-state index in [-0.39, 0.29) is 11.3 Å². The molecule has 2 aliphatic heterocycles. The van der Waals surface area contributed by atoms with Crippen molar-refractivity contribution in [1.29, 1.82) is 0 Å². The predicted octanol–water partition coefficient (Wildman–Crippen LogP) is 0.977. The van der Waals surface area contributed by atoms with Crippen molar-refractivity contribution in [3.63, 3.8) is 0 Å². The van der Waals surface area contributed by atoms with Crippen molar-refractivity contribution in [3.05, 3.63) is 0 Å². The van der Waals surface area contributed by atoms with Gasteiger partial charge in [-0.2, -0.15) is 0 Å². The molecule has 1 atom stereocenters. The Morgan fingerprint density at radius 2 is 2.17 bits per heavy atom. The minimum atomic E-state index is -0.180. The number of nitrogens with zero attached hydrogens (tertiary/aromatic N) is 1. The highest BCUT2D eigenvalue weighted by molar-refractivity contribution is 5.83. The van der Waals surface area contributed by atoms with Crippen LogP contribution in [0.2, 0.25) is 0 Å². The van der Waals surface area contributed by atoms with Crippen LogP contribution in [0.25, 0.3) is 0 Å². The van der Waals surface area contributed by atoms with Crippen molar-refractivity contribution in [2.75, 3.05) is 32.7 Å². The maximum absolute atomic E-state index is 12.3. The van der Waals surface area contributed by atoms with Crippen molar-refractivity contribution in [3.8, 4) is 0 Å². The lowest BCUT2D eigenvalue weighted by Crippen LogP contribution is -2.49. The maximum atomic E-state index is 12.3. The number of nitrogens with one attached hydrogen (secondary N) is 2. The molecule has 2 N–H and O–H groups in total. The first kappa shape index (κ1) is 13.8. The molecule has 0 radical (unpaired) electrons. The zero-order chi connectivity index (χ0) is 13.0. The normalized spacial score (nSPS) is 30.6. The summed E-state index contributed by atoms with van der Waals surface area (Å²) in [5, 5.41) is 6.54. The molecular formula is C14H27N3O. The number of carbonyl (C=O) groups excluding carboxylic acids is 1. The molecule has 2 heterocycles. The molecule has 0 saturated carbocycles. The fourth-order valence-corrected chi connectivity index (χ4v) is 2.99. The van der Waals surface area contributed by atoms with Crippen molar-refractivity contribution >= 4 is 5.91 Å². The predicted molar refractivity (Wildman–Crippen MR) is 73.5 cm³/mol. The third-order valence-electron chi connectivity index (χ3n) is 4.38. The van der Waals surface area contributed by atoms with Crippen LogP contribution >= 0.6 is 0 Å². The fourth-order valence-electron chi connectivity index (χ4n) is 2.99. The van der Waals surface area contributed by atoms with Gasteiger partial charge in [0.15, 0.2) is 0 Å². The largest absolute Gasteiger partial charge is 0.353 e. The van der Waals surface area contributed by atoms with E-state index in [0.717, 1.165) is 45.4 Å². The minimum absolute atomic E-state index is 0.180. The molecule has 4 nitrogen and oxygen atoms in total. The Kier molecular flexibility index (Phi) is 4.62. The standard InChI is InChI=1S/C14H27N3O/c1-3-8-17-9-4-12(5-10-17)16-13(18)14(2)6-7-15-11-14/h12,15H,3-11H2,1-2H3,(H,16,18). The van der Waals surface area contributed by atoms with Crippen LogP contribution in [0.4, 0.5) is 0 Å². The van der Waals surface area contributed by atoms with Gasteiger partial charge in [-0.1, -0.05) is 6.92 Å². The van der Waals surface area contributed by atoms with Crippen molar-refractivity contribution in [2.24, 2.45) is 5.41 Å². The Bertz CT molecular complexity index is 279. The molecule has 1 unspecified atom stereocenters. The number of carbonyl (C=O) groups is 1. The lowest BCUT2D eigenvalue weighted by molar-refractivity contribution is -0.130. The van der Waals surface area contributed by atoms with Gasteiger partial charge in [-0.3, -0.25) is 4.79 Å². The van der Waals surface area contributed by atoms with E-state index >= 15 is 0 Å². The second-order valence-electron chi connectivity index (χ2n) is 6.08. The molecule has 4 heteroatoms. The minimum Gasteiger partial charge on any atom is -0.353 e. The Morgan fingerprint density at radius 1 is 1.44 bits per heavy atom. The molecule has 0 aromatic heterocycles. The SMILES string of the molecule is CCCN1CCC(NC(=O)C2(C)CCNC2)CC1. The van der Waals surface area contributed by atoms with Gasteiger partial charge >= 0.3 is 0 Å². The summed E-state index contributed by atoms with van der Waals surface area (Å²) in [4.78, 5) is 14.8. The highest BCUT2D eigenvalue weighted by Crippen LogP contribution is 2.25. The van der Waals surface area contributed by atoms with E-state index in [1.165, 1.54) is 13.0 Å². The van der Waals surface area contributed by atoms with Crippen LogP contribution < -0.4 is 10.6 Å². The molecule has 2 aliphatic rings. The highest BCUT2D eigenvalue weighted by atomic mass is 16.2. The summed E-state index contributed by atoms with van der Waals surface area (Å²) in [7, 11) is 0. The Morgan fingerprint density at radius 3 is 2.72 bits per heavy atom. The summed E-state index contributed by atoms with van der Waals surface area (Å²) in [5.74, 6) is 0.251. The molecule has 2 saturated heterocycles. The second-order valence-corrected chi connectivity index (χ2v) is 6.08. The third-order valence-corrected chi connectivity index (χ3v) is 4.38. The molecule has 18 heavy (non-hydrogen) atoms. The van der Waals surface area contributed by atoms with E-state index in [1.54, 1.807) is 0 Å². The van der Waals surface area contributed by atoms with Gasteiger partial charge in [0.2, 0.25) is 5.91 Å². The summed E-state index contributed by atoms with van der Waals surface area (Å²) in [6, 6.07) is 0.392. The number of hydrogen-bond donors (Lipinski definition) is 2. The van der Waals surface area contributed by atoms with Crippen LogP contribution in [0.3, 0.4) is 0 Å². The van der Waals surface area contributed by atoms with Crippen LogP contribution in [0.1, 0.15) is 39.5 Å². The highest BCUT2D eigenvalue weighted by Gasteiger charge is 2.37. The first-order valence-corrected chi connectivity index (χ1v) is 7.38. The smallest absolute Gasteiger partial charge is 0.227 e. The first-order chi connectivity index (χ1) is 8.64. The molecule has 0 aromatic carbocycles. The lowest BCUT2D eigenvalue weighted by Gasteiger charge is -2.34. The zero-order valence-electron chi connectivity index (χ0n) is 11.8. The van der Waals surface area contributed by atoms with E-state index in [0.29, 0.717) is 6.04 Å². The molecule has 1 amide bonds. The molecular weight excluding hydrogens is 226 g/mol. The average Bonchev–Trinajstić information content (AvgIpc) is 2.80. The fraction of sp³-hybridized carbons (Fsp3) is 0.929. The average molecular weight is 253 g/mol. The second kappa shape index (κ2) is 6.02. The molecule has 0 bridgehead atoms. The van der Waals surface area contributed by atoms with Crippen molar-refractivity contribution < 1.29 is 4.79 Å². The van der Waals surface area contributed by atoms with E-state index in [4.69, 9.17) is 0 Å². The van der Waals surface area contributed by atoms with Crippen LogP contribution in [0.5, 0.6) is 0 Å². The van der Waals surface area contributed by atoms with E-state index in [9.17, 15) is 4.79 Å². The van der Waals surface area contributed by atoms with Gasteiger partial charge in [0.1, 0.15) is 0 Å². The summed E-state index contributed by atoms with van der Waals surface area (Å²) in [6.45, 7) is 9.56. The van der Waals surface area contributed by atoms with Crippen molar-refractivity contribution in [1.82, 2.24) is 15.5 Å². The first-order valence-electron chi connectivity index (χ1n) is 7.38. The lowest BCUT2D eigenvalue weighted by atomic mass is 9.88. The van der Waals surface area contributed by atoms with Gasteiger partial charge in [0.05, 0.1) is 5.41 Å². The molecule has 2 rings (SSSR count). The van der Waals surface area contributed by atoms with Crippen molar-refractivity contribution in [2.45, 2.75) is 45.6 Å². The number of amides is 1. The van der Waals surface area contributed by atoms with Crippen LogP contribution in [0.15, 0.2) is 0 Å². The van der Waals surface area contributed by atoms with Crippen LogP contribution in [0, 0.1) is 5.41 Å². The van der Waals surface area contributed by atoms with Gasteiger partial charge in [0, 0.05) is 25.7 Å². The monoisotopic (exact) mass is 253 g/mol. The maximum Gasteiger partial charge on any atom is 0.227 e. The Labute approximate surface area is 110 Å².